The van der Waals surface area contributed by atoms with E-state index in [2.05, 4.69) is 5.10 Å². The molecule has 6 aromatic rings. The number of carboxylic acids is 1. The van der Waals surface area contributed by atoms with Gasteiger partial charge in [-0.2, -0.15) is 9.78 Å². The summed E-state index contributed by atoms with van der Waals surface area (Å²) in [6, 6.07) is 24.0. The molecule has 0 atom stereocenters. The normalized spacial score (nSPS) is 11.3. The number of para-hydroxylation sites is 1. The van der Waals surface area contributed by atoms with E-state index in [0.29, 0.717) is 56.4 Å². The second kappa shape index (κ2) is 12.3. The summed E-state index contributed by atoms with van der Waals surface area (Å²) in [5, 5.41) is 14.9. The molecule has 226 valence electrons. The van der Waals surface area contributed by atoms with Crippen LogP contribution in [0.1, 0.15) is 21.5 Å². The highest BCUT2D eigenvalue weighted by Gasteiger charge is 2.19. The number of carboxylic acid groups (broad SMARTS) is 1. The van der Waals surface area contributed by atoms with Gasteiger partial charge in [0.05, 0.1) is 49.4 Å². The molecule has 4 aromatic carbocycles. The lowest BCUT2D eigenvalue weighted by molar-refractivity contribution is 0.0696. The summed E-state index contributed by atoms with van der Waals surface area (Å²) in [5.41, 5.74) is 2.03. The zero-order valence-electron chi connectivity index (χ0n) is 24.5. The fourth-order valence-corrected chi connectivity index (χ4v) is 4.90. The van der Waals surface area contributed by atoms with E-state index >= 15 is 0 Å². The standard InChI is InChI=1S/C34H27N3O8/c1-41-26-12-7-13-27-24(26)17-30(45-27)32-36-25-11-5-4-10-23(25)33(38)37(32)35-18-21-15-28(42-2)31(29(16-21)43-3)44-19-20-8-6-9-22(14-20)34(39)40/h4-18H,19H2,1-3H3,(H,39,40). The molecule has 0 unspecified atom stereocenters. The molecule has 6 rings (SSSR count). The first kappa shape index (κ1) is 29.0. The fourth-order valence-electron chi connectivity index (χ4n) is 4.90. The van der Waals surface area contributed by atoms with Crippen molar-refractivity contribution in [2.45, 2.75) is 6.61 Å². The van der Waals surface area contributed by atoms with E-state index in [1.54, 1.807) is 67.8 Å². The molecule has 0 fully saturated rings. The van der Waals surface area contributed by atoms with Gasteiger partial charge in [-0.3, -0.25) is 4.79 Å². The van der Waals surface area contributed by atoms with Gasteiger partial charge >= 0.3 is 5.97 Å². The average molecular weight is 606 g/mol. The molecule has 0 saturated carbocycles. The number of ether oxygens (including phenoxy) is 4. The van der Waals surface area contributed by atoms with Gasteiger partial charge < -0.3 is 28.5 Å². The molecule has 0 radical (unpaired) electrons. The van der Waals surface area contributed by atoms with E-state index in [1.807, 2.05) is 12.1 Å². The predicted molar refractivity (Wildman–Crippen MR) is 168 cm³/mol. The van der Waals surface area contributed by atoms with Gasteiger partial charge in [0.15, 0.2) is 17.3 Å². The topological polar surface area (TPSA) is 135 Å². The summed E-state index contributed by atoms with van der Waals surface area (Å²) >= 11 is 0. The molecular formula is C34H27N3O8. The molecule has 11 nitrogen and oxygen atoms in total. The molecule has 0 amide bonds. The van der Waals surface area contributed by atoms with Gasteiger partial charge in [0, 0.05) is 5.56 Å². The Morgan fingerprint density at radius 1 is 0.889 bits per heavy atom. The molecule has 11 heteroatoms. The van der Waals surface area contributed by atoms with Crippen molar-refractivity contribution in [3.05, 3.63) is 112 Å². The van der Waals surface area contributed by atoms with Crippen LogP contribution in [0.3, 0.4) is 0 Å². The molecule has 2 aromatic heterocycles. The third kappa shape index (κ3) is 5.66. The lowest BCUT2D eigenvalue weighted by Gasteiger charge is -2.15. The van der Waals surface area contributed by atoms with Crippen molar-refractivity contribution in [2.75, 3.05) is 21.3 Å². The van der Waals surface area contributed by atoms with Crippen molar-refractivity contribution >= 4 is 34.1 Å². The minimum atomic E-state index is -1.03. The van der Waals surface area contributed by atoms with Gasteiger partial charge in [-0.15, -0.1) is 0 Å². The Bertz CT molecular complexity index is 2120. The number of hydrogen-bond acceptors (Lipinski definition) is 9. The van der Waals surface area contributed by atoms with Gasteiger partial charge in [0.2, 0.25) is 11.6 Å². The minimum Gasteiger partial charge on any atom is -0.496 e. The van der Waals surface area contributed by atoms with Gasteiger partial charge in [0.25, 0.3) is 5.56 Å². The molecule has 0 aliphatic rings. The van der Waals surface area contributed by atoms with Crippen LogP contribution in [0.5, 0.6) is 23.0 Å². The van der Waals surface area contributed by atoms with E-state index in [0.717, 1.165) is 5.39 Å². The Hall–Kier alpha value is -6.10. The molecule has 45 heavy (non-hydrogen) atoms. The highest BCUT2D eigenvalue weighted by atomic mass is 16.5. The van der Waals surface area contributed by atoms with Crippen molar-refractivity contribution in [3.8, 4) is 34.6 Å². The SMILES string of the molecule is COc1cc(C=Nn2c(-c3cc4c(OC)cccc4o3)nc3ccccc3c2=O)cc(OC)c1OCc1cccc(C(=O)O)c1. The van der Waals surface area contributed by atoms with Gasteiger partial charge in [0.1, 0.15) is 17.9 Å². The highest BCUT2D eigenvalue weighted by Crippen LogP contribution is 2.39. The van der Waals surface area contributed by atoms with Crippen molar-refractivity contribution < 1.29 is 33.3 Å². The Labute approximate surface area is 256 Å². The first-order chi connectivity index (χ1) is 21.9. The largest absolute Gasteiger partial charge is 0.496 e. The number of hydrogen-bond donors (Lipinski definition) is 1. The highest BCUT2D eigenvalue weighted by molar-refractivity contribution is 5.89. The predicted octanol–water partition coefficient (Wildman–Crippen LogP) is 5.99. The van der Waals surface area contributed by atoms with Crippen molar-refractivity contribution in [1.82, 2.24) is 9.66 Å². The van der Waals surface area contributed by atoms with E-state index in [9.17, 15) is 14.7 Å². The van der Waals surface area contributed by atoms with Crippen molar-refractivity contribution in [2.24, 2.45) is 5.10 Å². The first-order valence-corrected chi connectivity index (χ1v) is 13.7. The van der Waals surface area contributed by atoms with Gasteiger partial charge in [-0.1, -0.05) is 30.3 Å². The lowest BCUT2D eigenvalue weighted by atomic mass is 10.1. The number of carbonyl (C=O) groups is 1. The maximum atomic E-state index is 13.7. The zero-order chi connectivity index (χ0) is 31.5. The number of furan rings is 1. The van der Waals surface area contributed by atoms with Gasteiger partial charge in [-0.25, -0.2) is 9.78 Å². The molecule has 0 aliphatic heterocycles. The van der Waals surface area contributed by atoms with Gasteiger partial charge in [-0.05, 0) is 60.2 Å². The monoisotopic (exact) mass is 605 g/mol. The van der Waals surface area contributed by atoms with E-state index in [-0.39, 0.29) is 23.6 Å². The van der Waals surface area contributed by atoms with Crippen LogP contribution in [0.25, 0.3) is 33.5 Å². The smallest absolute Gasteiger partial charge is 0.335 e. The Kier molecular flexibility index (Phi) is 7.89. The summed E-state index contributed by atoms with van der Waals surface area (Å²) in [7, 11) is 4.55. The number of fused-ring (bicyclic) bond motifs is 2. The number of aromatic carboxylic acids is 1. The summed E-state index contributed by atoms with van der Waals surface area (Å²) < 4.78 is 30.0. The number of benzene rings is 4. The van der Waals surface area contributed by atoms with Crippen LogP contribution < -0.4 is 24.5 Å². The van der Waals surface area contributed by atoms with Crippen LogP contribution in [0.4, 0.5) is 0 Å². The van der Waals surface area contributed by atoms with Crippen molar-refractivity contribution in [3.63, 3.8) is 0 Å². The summed E-state index contributed by atoms with van der Waals surface area (Å²) in [6.07, 6.45) is 1.48. The van der Waals surface area contributed by atoms with Crippen LogP contribution in [0.2, 0.25) is 0 Å². The third-order valence-electron chi connectivity index (χ3n) is 7.08. The first-order valence-electron chi connectivity index (χ1n) is 13.7. The second-order valence-corrected chi connectivity index (χ2v) is 9.85. The Balaban J connectivity index is 1.40. The summed E-state index contributed by atoms with van der Waals surface area (Å²) in [6.45, 7) is 0.0745. The lowest BCUT2D eigenvalue weighted by Crippen LogP contribution is -2.20. The molecule has 0 bridgehead atoms. The van der Waals surface area contributed by atoms with Crippen molar-refractivity contribution in [1.29, 1.82) is 0 Å². The van der Waals surface area contributed by atoms with Crippen LogP contribution in [0, 0.1) is 0 Å². The van der Waals surface area contributed by atoms with Crippen LogP contribution in [-0.4, -0.2) is 48.3 Å². The molecule has 0 spiro atoms. The fraction of sp³-hybridized carbons (Fsp3) is 0.118. The molecular weight excluding hydrogens is 578 g/mol. The number of methoxy groups -OCH3 is 3. The summed E-state index contributed by atoms with van der Waals surface area (Å²) in [5.74, 6) is 1.14. The van der Waals surface area contributed by atoms with E-state index in [4.69, 9.17) is 28.3 Å². The van der Waals surface area contributed by atoms with Crippen LogP contribution in [0.15, 0.2) is 99.2 Å². The second-order valence-electron chi connectivity index (χ2n) is 9.85. The van der Waals surface area contributed by atoms with Crippen LogP contribution in [-0.2, 0) is 6.61 Å². The molecule has 0 saturated heterocycles. The van der Waals surface area contributed by atoms with Crippen LogP contribution >= 0.6 is 0 Å². The third-order valence-corrected chi connectivity index (χ3v) is 7.08. The molecule has 1 N–H and O–H groups in total. The molecule has 2 heterocycles. The van der Waals surface area contributed by atoms with E-state index in [1.165, 1.54) is 37.2 Å². The molecule has 0 aliphatic carbocycles. The maximum absolute atomic E-state index is 13.7. The summed E-state index contributed by atoms with van der Waals surface area (Å²) in [4.78, 5) is 29.8. The quantitative estimate of drug-likeness (QED) is 0.187. The van der Waals surface area contributed by atoms with E-state index < -0.39 is 5.97 Å². The zero-order valence-corrected chi connectivity index (χ0v) is 24.5. The minimum absolute atomic E-state index is 0.0745. The Morgan fingerprint density at radius 3 is 2.36 bits per heavy atom. The Morgan fingerprint density at radius 2 is 1.62 bits per heavy atom. The number of rotatable bonds is 10. The average Bonchev–Trinajstić information content (AvgIpc) is 3.51. The number of aromatic nitrogens is 2. The maximum Gasteiger partial charge on any atom is 0.335 e. The number of nitrogens with zero attached hydrogens (tertiary/aromatic N) is 3.